The highest BCUT2D eigenvalue weighted by Gasteiger charge is 2.30. The zero-order valence-corrected chi connectivity index (χ0v) is 12.7. The number of rotatable bonds is 4. The van der Waals surface area contributed by atoms with Crippen LogP contribution in [0.25, 0.3) is 0 Å². The van der Waals surface area contributed by atoms with Gasteiger partial charge in [-0.3, -0.25) is 9.58 Å². The van der Waals surface area contributed by atoms with Gasteiger partial charge in [0.2, 0.25) is 0 Å². The summed E-state index contributed by atoms with van der Waals surface area (Å²) in [5.41, 5.74) is 0. The summed E-state index contributed by atoms with van der Waals surface area (Å²) < 4.78 is 2.05. The predicted molar refractivity (Wildman–Crippen MR) is 81.6 cm³/mol. The molecule has 2 atom stereocenters. The monoisotopic (exact) mass is 276 g/mol. The molecule has 4 nitrogen and oxygen atoms in total. The molecule has 1 saturated carbocycles. The van der Waals surface area contributed by atoms with Crippen LogP contribution in [-0.4, -0.2) is 46.4 Å². The maximum Gasteiger partial charge on any atom is 0.0536 e. The van der Waals surface area contributed by atoms with Crippen molar-refractivity contribution in [3.8, 4) is 0 Å². The third-order valence-electron chi connectivity index (χ3n) is 5.12. The van der Waals surface area contributed by atoms with E-state index in [1.807, 2.05) is 16.9 Å². The Morgan fingerprint density at radius 1 is 1.20 bits per heavy atom. The minimum atomic E-state index is 0.644. The van der Waals surface area contributed by atoms with Crippen molar-refractivity contribution in [2.75, 3.05) is 19.6 Å². The van der Waals surface area contributed by atoms with Gasteiger partial charge in [-0.05, 0) is 31.7 Å². The van der Waals surface area contributed by atoms with Crippen molar-refractivity contribution in [3.63, 3.8) is 0 Å². The second-order valence-corrected chi connectivity index (χ2v) is 6.53. The second-order valence-electron chi connectivity index (χ2n) is 6.53. The Morgan fingerprint density at radius 2 is 2.05 bits per heavy atom. The molecule has 0 spiro atoms. The molecule has 1 aliphatic carbocycles. The topological polar surface area (TPSA) is 33.1 Å². The Hall–Kier alpha value is -0.870. The number of aromatic nitrogens is 2. The lowest BCUT2D eigenvalue weighted by atomic mass is 9.82. The van der Waals surface area contributed by atoms with Crippen LogP contribution in [0.4, 0.5) is 0 Å². The molecular weight excluding hydrogens is 248 g/mol. The maximum absolute atomic E-state index is 4.31. The van der Waals surface area contributed by atoms with Crippen molar-refractivity contribution in [1.82, 2.24) is 20.0 Å². The Labute approximate surface area is 122 Å². The van der Waals surface area contributed by atoms with Crippen molar-refractivity contribution >= 4 is 0 Å². The van der Waals surface area contributed by atoms with Crippen LogP contribution in [0.15, 0.2) is 18.5 Å². The van der Waals surface area contributed by atoms with E-state index in [4.69, 9.17) is 0 Å². The van der Waals surface area contributed by atoms with Crippen LogP contribution in [0.5, 0.6) is 0 Å². The summed E-state index contributed by atoms with van der Waals surface area (Å²) in [5.74, 6) is 0.906. The summed E-state index contributed by atoms with van der Waals surface area (Å²) in [4.78, 5) is 2.65. The van der Waals surface area contributed by atoms with Gasteiger partial charge >= 0.3 is 0 Å². The summed E-state index contributed by atoms with van der Waals surface area (Å²) in [6.45, 7) is 6.82. The lowest BCUT2D eigenvalue weighted by Gasteiger charge is -2.42. The van der Waals surface area contributed by atoms with Crippen molar-refractivity contribution in [1.29, 1.82) is 0 Å². The molecule has 20 heavy (non-hydrogen) atoms. The Bertz CT molecular complexity index is 383. The van der Waals surface area contributed by atoms with Gasteiger partial charge in [0.1, 0.15) is 0 Å². The molecule has 2 aliphatic rings. The molecule has 0 bridgehead atoms. The minimum Gasteiger partial charge on any atom is -0.311 e. The Balaban J connectivity index is 1.52. The Kier molecular flexibility index (Phi) is 4.73. The highest BCUT2D eigenvalue weighted by molar-refractivity contribution is 4.89. The third kappa shape index (κ3) is 3.41. The first-order valence-corrected chi connectivity index (χ1v) is 8.28. The molecule has 0 amide bonds. The molecule has 3 rings (SSSR count). The van der Waals surface area contributed by atoms with Gasteiger partial charge in [0.25, 0.3) is 0 Å². The van der Waals surface area contributed by atoms with E-state index in [0.29, 0.717) is 12.1 Å². The van der Waals surface area contributed by atoms with Crippen LogP contribution in [0.3, 0.4) is 0 Å². The van der Waals surface area contributed by atoms with Gasteiger partial charge in [-0.25, -0.2) is 0 Å². The van der Waals surface area contributed by atoms with Gasteiger partial charge in [-0.1, -0.05) is 19.3 Å². The standard InChI is InChI=1S/C16H28N4/c1-14-12-17-16(15-6-3-2-4-7-15)13-19(14)10-11-20-9-5-8-18-20/h5,8-9,14-17H,2-4,6-7,10-13H2,1H3. The number of nitrogens with one attached hydrogen (secondary N) is 1. The summed E-state index contributed by atoms with van der Waals surface area (Å²) in [6, 6.07) is 3.36. The van der Waals surface area contributed by atoms with Gasteiger partial charge in [-0.2, -0.15) is 5.10 Å². The number of nitrogens with zero attached hydrogens (tertiary/aromatic N) is 3. The molecule has 112 valence electrons. The number of hydrogen-bond acceptors (Lipinski definition) is 3. The summed E-state index contributed by atoms with van der Waals surface area (Å²) in [6.07, 6.45) is 11.1. The predicted octanol–water partition coefficient (Wildman–Crippen LogP) is 2.13. The van der Waals surface area contributed by atoms with Gasteiger partial charge < -0.3 is 5.32 Å². The third-order valence-corrected chi connectivity index (χ3v) is 5.12. The van der Waals surface area contributed by atoms with E-state index in [1.165, 1.54) is 38.6 Å². The minimum absolute atomic E-state index is 0.644. The fourth-order valence-electron chi connectivity index (χ4n) is 3.78. The molecule has 0 radical (unpaired) electrons. The normalized spacial score (nSPS) is 29.6. The largest absolute Gasteiger partial charge is 0.311 e. The SMILES string of the molecule is CC1CNC(C2CCCCC2)CN1CCn1cccn1. The van der Waals surface area contributed by atoms with Crippen LogP contribution in [0, 0.1) is 5.92 Å². The van der Waals surface area contributed by atoms with Crippen molar-refractivity contribution < 1.29 is 0 Å². The molecule has 1 aliphatic heterocycles. The van der Waals surface area contributed by atoms with E-state index < -0.39 is 0 Å². The van der Waals surface area contributed by atoms with E-state index in [0.717, 1.165) is 25.6 Å². The zero-order chi connectivity index (χ0) is 13.8. The highest BCUT2D eigenvalue weighted by atomic mass is 15.3. The van der Waals surface area contributed by atoms with E-state index in [1.54, 1.807) is 0 Å². The van der Waals surface area contributed by atoms with E-state index in [2.05, 4.69) is 28.4 Å². The van der Waals surface area contributed by atoms with Crippen molar-refractivity contribution in [2.45, 2.75) is 57.7 Å². The Morgan fingerprint density at radius 3 is 2.80 bits per heavy atom. The molecule has 2 heterocycles. The second kappa shape index (κ2) is 6.72. The first-order valence-electron chi connectivity index (χ1n) is 8.28. The quantitative estimate of drug-likeness (QED) is 0.914. The summed E-state index contributed by atoms with van der Waals surface area (Å²) in [7, 11) is 0. The first kappa shape index (κ1) is 14.1. The van der Waals surface area contributed by atoms with Crippen molar-refractivity contribution in [3.05, 3.63) is 18.5 Å². The average Bonchev–Trinajstić information content (AvgIpc) is 3.01. The summed E-state index contributed by atoms with van der Waals surface area (Å²) in [5, 5.41) is 8.11. The van der Waals surface area contributed by atoms with E-state index >= 15 is 0 Å². The zero-order valence-electron chi connectivity index (χ0n) is 12.7. The fraction of sp³-hybridized carbons (Fsp3) is 0.812. The van der Waals surface area contributed by atoms with Crippen LogP contribution in [-0.2, 0) is 6.54 Å². The molecule has 0 aromatic carbocycles. The lowest BCUT2D eigenvalue weighted by molar-refractivity contribution is 0.0999. The lowest BCUT2D eigenvalue weighted by Crippen LogP contribution is -2.58. The van der Waals surface area contributed by atoms with Crippen LogP contribution >= 0.6 is 0 Å². The molecular formula is C16H28N4. The number of piperazine rings is 1. The fourth-order valence-corrected chi connectivity index (χ4v) is 3.78. The molecule has 1 saturated heterocycles. The molecule has 4 heteroatoms. The van der Waals surface area contributed by atoms with Gasteiger partial charge in [0.15, 0.2) is 0 Å². The summed E-state index contributed by atoms with van der Waals surface area (Å²) >= 11 is 0. The molecule has 2 unspecified atom stereocenters. The van der Waals surface area contributed by atoms with Gasteiger partial charge in [0, 0.05) is 44.1 Å². The average molecular weight is 276 g/mol. The number of hydrogen-bond donors (Lipinski definition) is 1. The van der Waals surface area contributed by atoms with Crippen molar-refractivity contribution in [2.24, 2.45) is 5.92 Å². The van der Waals surface area contributed by atoms with E-state index in [9.17, 15) is 0 Å². The van der Waals surface area contributed by atoms with Gasteiger partial charge in [-0.15, -0.1) is 0 Å². The van der Waals surface area contributed by atoms with Crippen LogP contribution in [0.1, 0.15) is 39.0 Å². The molecule has 1 N–H and O–H groups in total. The molecule has 1 aromatic rings. The van der Waals surface area contributed by atoms with E-state index in [-0.39, 0.29) is 0 Å². The maximum atomic E-state index is 4.31. The smallest absolute Gasteiger partial charge is 0.0536 e. The molecule has 1 aromatic heterocycles. The van der Waals surface area contributed by atoms with Gasteiger partial charge in [0.05, 0.1) is 6.54 Å². The molecule has 2 fully saturated rings. The highest BCUT2D eigenvalue weighted by Crippen LogP contribution is 2.28. The van der Waals surface area contributed by atoms with Crippen LogP contribution in [0.2, 0.25) is 0 Å². The van der Waals surface area contributed by atoms with Crippen LogP contribution < -0.4 is 5.32 Å². The first-order chi connectivity index (χ1) is 9.83.